The summed E-state index contributed by atoms with van der Waals surface area (Å²) in [6.07, 6.45) is 2.22. The van der Waals surface area contributed by atoms with Gasteiger partial charge in [0.05, 0.1) is 13.4 Å². The van der Waals surface area contributed by atoms with Crippen LogP contribution in [0, 0.1) is 0 Å². The molecular formula is C23H25NO6S. The molecule has 2 aromatic carbocycles. The minimum absolute atomic E-state index is 0.0212. The lowest BCUT2D eigenvalue weighted by Crippen LogP contribution is -2.37. The molecule has 31 heavy (non-hydrogen) atoms. The zero-order valence-electron chi connectivity index (χ0n) is 17.6. The van der Waals surface area contributed by atoms with E-state index in [0.29, 0.717) is 5.75 Å². The second kappa shape index (κ2) is 9.70. The number of ether oxygens (including phenoxy) is 1. The van der Waals surface area contributed by atoms with Crippen LogP contribution in [0.1, 0.15) is 36.4 Å². The van der Waals surface area contributed by atoms with Gasteiger partial charge in [-0.05, 0) is 67.4 Å². The van der Waals surface area contributed by atoms with Crippen LogP contribution in [0.2, 0.25) is 0 Å². The molecule has 3 aromatic rings. The number of rotatable bonds is 9. The van der Waals surface area contributed by atoms with Crippen molar-refractivity contribution in [2.24, 2.45) is 0 Å². The van der Waals surface area contributed by atoms with Crippen LogP contribution in [0.25, 0.3) is 0 Å². The third-order valence-corrected chi connectivity index (χ3v) is 6.18. The average molecular weight is 444 g/mol. The fourth-order valence-corrected chi connectivity index (χ4v) is 3.92. The van der Waals surface area contributed by atoms with Crippen molar-refractivity contribution >= 4 is 16.0 Å². The van der Waals surface area contributed by atoms with Gasteiger partial charge in [0.25, 0.3) is 5.91 Å². The highest BCUT2D eigenvalue weighted by molar-refractivity contribution is 7.87. The van der Waals surface area contributed by atoms with Gasteiger partial charge in [0.1, 0.15) is 16.4 Å². The molecule has 0 fully saturated rings. The van der Waals surface area contributed by atoms with Gasteiger partial charge >= 0.3 is 10.1 Å². The molecule has 7 nitrogen and oxygen atoms in total. The molecule has 0 radical (unpaired) electrons. The smallest absolute Gasteiger partial charge is 0.339 e. The summed E-state index contributed by atoms with van der Waals surface area (Å²) in [5, 5.41) is 0. The van der Waals surface area contributed by atoms with Crippen LogP contribution >= 0.6 is 0 Å². The largest absolute Gasteiger partial charge is 0.497 e. The molecule has 0 aliphatic rings. The van der Waals surface area contributed by atoms with E-state index in [1.54, 1.807) is 47.4 Å². The third-order valence-electron chi connectivity index (χ3n) is 4.92. The summed E-state index contributed by atoms with van der Waals surface area (Å²) in [5.41, 5.74) is 0.739. The Morgan fingerprint density at radius 2 is 1.81 bits per heavy atom. The van der Waals surface area contributed by atoms with Crippen molar-refractivity contribution in [1.29, 1.82) is 0 Å². The summed E-state index contributed by atoms with van der Waals surface area (Å²) in [5.74, 6) is 0.751. The van der Waals surface area contributed by atoms with Gasteiger partial charge in [0.2, 0.25) is 0 Å². The highest BCUT2D eigenvalue weighted by atomic mass is 32.2. The van der Waals surface area contributed by atoms with Crippen molar-refractivity contribution in [1.82, 2.24) is 4.90 Å². The summed E-state index contributed by atoms with van der Waals surface area (Å²) in [4.78, 5) is 14.6. The molecule has 1 amide bonds. The van der Waals surface area contributed by atoms with E-state index < -0.39 is 10.1 Å². The lowest BCUT2D eigenvalue weighted by atomic mass is 10.1. The maximum atomic E-state index is 12.9. The van der Waals surface area contributed by atoms with Gasteiger partial charge in [-0.2, -0.15) is 8.42 Å². The van der Waals surface area contributed by atoms with Crippen molar-refractivity contribution in [2.75, 3.05) is 7.11 Å². The Kier molecular flexibility index (Phi) is 7.02. The van der Waals surface area contributed by atoms with Gasteiger partial charge in [-0.3, -0.25) is 4.79 Å². The number of amides is 1. The van der Waals surface area contributed by atoms with Crippen LogP contribution in [0.5, 0.6) is 11.5 Å². The summed E-state index contributed by atoms with van der Waals surface area (Å²) in [6.45, 7) is 4.23. The van der Waals surface area contributed by atoms with Crippen LogP contribution in [0.15, 0.2) is 76.2 Å². The van der Waals surface area contributed by atoms with E-state index in [0.717, 1.165) is 12.0 Å². The van der Waals surface area contributed by atoms with Crippen molar-refractivity contribution < 1.29 is 26.5 Å². The van der Waals surface area contributed by atoms with Crippen molar-refractivity contribution in [2.45, 2.75) is 37.8 Å². The topological polar surface area (TPSA) is 86.0 Å². The zero-order chi connectivity index (χ0) is 22.4. The minimum atomic E-state index is -4.01. The number of nitrogens with zero attached hydrogens (tertiary/aromatic N) is 1. The number of hydrogen-bond donors (Lipinski definition) is 0. The third kappa shape index (κ3) is 5.46. The van der Waals surface area contributed by atoms with Crippen LogP contribution in [-0.4, -0.2) is 32.4 Å². The summed E-state index contributed by atoms with van der Waals surface area (Å²) >= 11 is 0. The van der Waals surface area contributed by atoms with Crippen LogP contribution < -0.4 is 8.92 Å². The first-order valence-corrected chi connectivity index (χ1v) is 11.3. The highest BCUT2D eigenvalue weighted by Crippen LogP contribution is 2.23. The van der Waals surface area contributed by atoms with E-state index in [-0.39, 0.29) is 34.9 Å². The zero-order valence-corrected chi connectivity index (χ0v) is 18.5. The Labute approximate surface area is 182 Å². The van der Waals surface area contributed by atoms with E-state index >= 15 is 0 Å². The van der Waals surface area contributed by atoms with Crippen LogP contribution in [0.3, 0.4) is 0 Å². The lowest BCUT2D eigenvalue weighted by Gasteiger charge is -2.28. The molecule has 0 saturated carbocycles. The van der Waals surface area contributed by atoms with E-state index in [4.69, 9.17) is 13.3 Å². The number of benzene rings is 2. The second-order valence-electron chi connectivity index (χ2n) is 7.03. The van der Waals surface area contributed by atoms with Gasteiger partial charge in [-0.1, -0.05) is 19.1 Å². The maximum Gasteiger partial charge on any atom is 0.339 e. The Hall–Kier alpha value is -3.26. The molecule has 8 heteroatoms. The monoisotopic (exact) mass is 443 g/mol. The normalized spacial score (nSPS) is 12.2. The van der Waals surface area contributed by atoms with Crippen LogP contribution in [0.4, 0.5) is 0 Å². The molecule has 164 valence electrons. The fourth-order valence-electron chi connectivity index (χ4n) is 3.00. The number of hydrogen-bond acceptors (Lipinski definition) is 6. The molecule has 0 spiro atoms. The second-order valence-corrected chi connectivity index (χ2v) is 8.57. The molecule has 3 rings (SSSR count). The SMILES string of the molecule is CC[C@@H](C)N(Cc1cccc(OS(=O)(=O)c2ccc(OC)cc2)c1)C(=O)c1ccco1. The number of furan rings is 1. The summed E-state index contributed by atoms with van der Waals surface area (Å²) < 4.78 is 40.9. The predicted molar refractivity (Wildman–Crippen MR) is 116 cm³/mol. The molecule has 0 aliphatic carbocycles. The average Bonchev–Trinajstić information content (AvgIpc) is 3.31. The summed E-state index contributed by atoms with van der Waals surface area (Å²) in [6, 6.07) is 15.9. The molecule has 1 atom stereocenters. The molecule has 0 aliphatic heterocycles. The van der Waals surface area contributed by atoms with E-state index in [1.165, 1.54) is 25.5 Å². The molecule has 0 bridgehead atoms. The Morgan fingerprint density at radius 1 is 1.06 bits per heavy atom. The van der Waals surface area contributed by atoms with E-state index in [9.17, 15) is 13.2 Å². The first-order valence-electron chi connectivity index (χ1n) is 9.86. The predicted octanol–water partition coefficient (Wildman–Crippen LogP) is 4.50. The van der Waals surface area contributed by atoms with Gasteiger partial charge in [0, 0.05) is 12.6 Å². The lowest BCUT2D eigenvalue weighted by molar-refractivity contribution is 0.0638. The van der Waals surface area contributed by atoms with E-state index in [1.807, 2.05) is 19.9 Å². The first-order chi connectivity index (χ1) is 14.8. The van der Waals surface area contributed by atoms with Gasteiger partial charge in [-0.25, -0.2) is 0 Å². The fraction of sp³-hybridized carbons (Fsp3) is 0.261. The van der Waals surface area contributed by atoms with Gasteiger partial charge in [-0.15, -0.1) is 0 Å². The number of carbonyl (C=O) groups excluding carboxylic acids is 1. The maximum absolute atomic E-state index is 12.9. The molecular weight excluding hydrogens is 418 g/mol. The van der Waals surface area contributed by atoms with Crippen LogP contribution in [-0.2, 0) is 16.7 Å². The Morgan fingerprint density at radius 3 is 2.42 bits per heavy atom. The molecule has 0 saturated heterocycles. The van der Waals surface area contributed by atoms with Gasteiger partial charge in [0.15, 0.2) is 5.76 Å². The Bertz CT molecular complexity index is 1110. The number of carbonyl (C=O) groups is 1. The highest BCUT2D eigenvalue weighted by Gasteiger charge is 2.23. The standard InChI is InChI=1S/C23H25NO6S/c1-4-17(2)24(23(25)22-9-6-14-29-22)16-18-7-5-8-20(15-18)30-31(26,27)21-12-10-19(28-3)11-13-21/h5-15,17H,4,16H2,1-3H3/t17-/m1/s1. The van der Waals surface area contributed by atoms with Crippen molar-refractivity contribution in [3.05, 3.63) is 78.3 Å². The summed E-state index contributed by atoms with van der Waals surface area (Å²) in [7, 11) is -2.50. The molecule has 0 unspecified atom stereocenters. The molecule has 0 N–H and O–H groups in total. The minimum Gasteiger partial charge on any atom is -0.497 e. The Balaban J connectivity index is 1.80. The van der Waals surface area contributed by atoms with Gasteiger partial charge < -0.3 is 18.2 Å². The molecule has 1 heterocycles. The van der Waals surface area contributed by atoms with Crippen molar-refractivity contribution in [3.63, 3.8) is 0 Å². The number of methoxy groups -OCH3 is 1. The first kappa shape index (κ1) is 22.4. The van der Waals surface area contributed by atoms with Crippen molar-refractivity contribution in [3.8, 4) is 11.5 Å². The van der Waals surface area contributed by atoms with E-state index in [2.05, 4.69) is 0 Å². The quantitative estimate of drug-likeness (QED) is 0.453. The molecule has 1 aromatic heterocycles.